The molecule has 30 heavy (non-hydrogen) atoms. The predicted octanol–water partition coefficient (Wildman–Crippen LogP) is 4.22. The number of benzene rings is 2. The monoisotopic (exact) mass is 408 g/mol. The standard InChI is InChI=1S/C25H32N2O3/c1-16(2)22-12-11-21(13-17(22)3)30-18(4)25(29)26-15-20-14-23(28)27(5)24(20)19-9-7-6-8-10-19/h6-13,16,18,20,24H,14-15H2,1-5H3,(H,26,29)/t18-,20+,24-/m1/s1. The van der Waals surface area contributed by atoms with E-state index in [1.165, 1.54) is 5.56 Å². The van der Waals surface area contributed by atoms with Crippen molar-refractivity contribution in [1.29, 1.82) is 0 Å². The van der Waals surface area contributed by atoms with Crippen molar-refractivity contribution in [3.8, 4) is 5.75 Å². The molecular formula is C25H32N2O3. The van der Waals surface area contributed by atoms with E-state index in [2.05, 4.69) is 32.2 Å². The van der Waals surface area contributed by atoms with Crippen LogP contribution in [0.3, 0.4) is 0 Å². The first-order valence-electron chi connectivity index (χ1n) is 10.6. The molecule has 5 nitrogen and oxygen atoms in total. The van der Waals surface area contributed by atoms with E-state index in [1.807, 2.05) is 49.5 Å². The Bertz CT molecular complexity index is 895. The second-order valence-electron chi connectivity index (χ2n) is 8.50. The smallest absolute Gasteiger partial charge is 0.260 e. The minimum Gasteiger partial charge on any atom is -0.481 e. The number of ether oxygens (including phenoxy) is 1. The summed E-state index contributed by atoms with van der Waals surface area (Å²) in [6, 6.07) is 15.9. The van der Waals surface area contributed by atoms with Crippen molar-refractivity contribution >= 4 is 11.8 Å². The van der Waals surface area contributed by atoms with Gasteiger partial charge < -0.3 is 15.0 Å². The van der Waals surface area contributed by atoms with E-state index < -0.39 is 6.10 Å². The van der Waals surface area contributed by atoms with Crippen molar-refractivity contribution in [2.75, 3.05) is 13.6 Å². The van der Waals surface area contributed by atoms with Crippen molar-refractivity contribution in [1.82, 2.24) is 10.2 Å². The second kappa shape index (κ2) is 9.33. The lowest BCUT2D eigenvalue weighted by Crippen LogP contribution is -2.39. The Morgan fingerprint density at radius 3 is 2.50 bits per heavy atom. The van der Waals surface area contributed by atoms with Gasteiger partial charge in [-0.1, -0.05) is 50.2 Å². The number of aryl methyl sites for hydroxylation is 1. The minimum absolute atomic E-state index is 0.0264. The molecule has 2 aromatic carbocycles. The van der Waals surface area contributed by atoms with Gasteiger partial charge in [-0.2, -0.15) is 0 Å². The van der Waals surface area contributed by atoms with E-state index >= 15 is 0 Å². The second-order valence-corrected chi connectivity index (χ2v) is 8.50. The molecule has 3 atom stereocenters. The summed E-state index contributed by atoms with van der Waals surface area (Å²) in [5.74, 6) is 1.11. The highest BCUT2D eigenvalue weighted by Gasteiger charge is 2.38. The predicted molar refractivity (Wildman–Crippen MR) is 118 cm³/mol. The van der Waals surface area contributed by atoms with Gasteiger partial charge in [-0.15, -0.1) is 0 Å². The zero-order valence-electron chi connectivity index (χ0n) is 18.5. The van der Waals surface area contributed by atoms with Gasteiger partial charge in [-0.3, -0.25) is 9.59 Å². The number of carbonyl (C=O) groups excluding carboxylic acids is 2. The molecule has 2 aromatic rings. The van der Waals surface area contributed by atoms with Crippen molar-refractivity contribution in [2.45, 2.75) is 52.2 Å². The molecule has 1 heterocycles. The molecule has 1 aliphatic heterocycles. The molecule has 0 saturated carbocycles. The maximum absolute atomic E-state index is 12.6. The number of hydrogen-bond acceptors (Lipinski definition) is 3. The number of hydrogen-bond donors (Lipinski definition) is 1. The van der Waals surface area contributed by atoms with Crippen LogP contribution in [0.15, 0.2) is 48.5 Å². The van der Waals surface area contributed by atoms with Gasteiger partial charge in [-0.05, 0) is 48.6 Å². The van der Waals surface area contributed by atoms with Crippen LogP contribution < -0.4 is 10.1 Å². The Kier molecular flexibility index (Phi) is 6.80. The quantitative estimate of drug-likeness (QED) is 0.746. The molecule has 3 rings (SSSR count). The highest BCUT2D eigenvalue weighted by molar-refractivity contribution is 5.82. The van der Waals surface area contributed by atoms with E-state index in [0.29, 0.717) is 24.6 Å². The maximum Gasteiger partial charge on any atom is 0.260 e. The van der Waals surface area contributed by atoms with Gasteiger partial charge in [-0.25, -0.2) is 0 Å². The van der Waals surface area contributed by atoms with Crippen LogP contribution in [0.1, 0.15) is 55.8 Å². The zero-order valence-corrected chi connectivity index (χ0v) is 18.5. The van der Waals surface area contributed by atoms with E-state index in [9.17, 15) is 9.59 Å². The Morgan fingerprint density at radius 1 is 1.17 bits per heavy atom. The Morgan fingerprint density at radius 2 is 1.87 bits per heavy atom. The van der Waals surface area contributed by atoms with Crippen LogP contribution in [0.4, 0.5) is 0 Å². The van der Waals surface area contributed by atoms with Crippen LogP contribution in [0.5, 0.6) is 5.75 Å². The molecule has 1 fully saturated rings. The summed E-state index contributed by atoms with van der Waals surface area (Å²) in [7, 11) is 1.83. The van der Waals surface area contributed by atoms with Crippen LogP contribution in [0, 0.1) is 12.8 Å². The maximum atomic E-state index is 12.6. The van der Waals surface area contributed by atoms with Crippen LogP contribution in [-0.2, 0) is 9.59 Å². The summed E-state index contributed by atoms with van der Waals surface area (Å²) in [6.07, 6.45) is -0.180. The van der Waals surface area contributed by atoms with Gasteiger partial charge in [0.05, 0.1) is 6.04 Å². The molecule has 1 saturated heterocycles. The van der Waals surface area contributed by atoms with Gasteiger partial charge in [0.1, 0.15) is 5.75 Å². The molecular weight excluding hydrogens is 376 g/mol. The molecule has 0 spiro atoms. The zero-order chi connectivity index (χ0) is 21.8. The van der Waals surface area contributed by atoms with E-state index in [1.54, 1.807) is 11.8 Å². The van der Waals surface area contributed by atoms with E-state index in [0.717, 1.165) is 11.1 Å². The van der Waals surface area contributed by atoms with E-state index in [-0.39, 0.29) is 23.8 Å². The Hall–Kier alpha value is -2.82. The first-order valence-corrected chi connectivity index (χ1v) is 10.6. The number of amides is 2. The molecule has 2 amide bonds. The lowest BCUT2D eigenvalue weighted by Gasteiger charge is -2.26. The molecule has 160 valence electrons. The summed E-state index contributed by atoms with van der Waals surface area (Å²) in [4.78, 5) is 26.7. The lowest BCUT2D eigenvalue weighted by atomic mass is 9.93. The topological polar surface area (TPSA) is 58.6 Å². The summed E-state index contributed by atoms with van der Waals surface area (Å²) in [5, 5.41) is 2.99. The van der Waals surface area contributed by atoms with Crippen LogP contribution in [-0.4, -0.2) is 36.4 Å². The third-order valence-corrected chi connectivity index (χ3v) is 5.92. The summed E-state index contributed by atoms with van der Waals surface area (Å²) >= 11 is 0. The number of carbonyl (C=O) groups is 2. The summed E-state index contributed by atoms with van der Waals surface area (Å²) < 4.78 is 5.87. The van der Waals surface area contributed by atoms with Crippen LogP contribution >= 0.6 is 0 Å². The van der Waals surface area contributed by atoms with Gasteiger partial charge in [0.2, 0.25) is 5.91 Å². The molecule has 1 aliphatic rings. The fourth-order valence-corrected chi connectivity index (χ4v) is 4.28. The normalized spacial score (nSPS) is 19.8. The van der Waals surface area contributed by atoms with E-state index in [4.69, 9.17) is 4.74 Å². The molecule has 0 unspecified atom stereocenters. The van der Waals surface area contributed by atoms with Crippen molar-refractivity contribution < 1.29 is 14.3 Å². The average molecular weight is 409 g/mol. The molecule has 0 radical (unpaired) electrons. The third-order valence-electron chi connectivity index (χ3n) is 5.92. The van der Waals surface area contributed by atoms with Gasteiger partial charge in [0.25, 0.3) is 5.91 Å². The highest BCUT2D eigenvalue weighted by Crippen LogP contribution is 2.36. The first-order chi connectivity index (χ1) is 14.3. The molecule has 0 bridgehead atoms. The Balaban J connectivity index is 1.60. The molecule has 5 heteroatoms. The molecule has 0 aliphatic carbocycles. The van der Waals surface area contributed by atoms with Gasteiger partial charge >= 0.3 is 0 Å². The fraction of sp³-hybridized carbons (Fsp3) is 0.440. The number of likely N-dealkylation sites (tertiary alicyclic amines) is 1. The Labute approximate surface area is 179 Å². The summed E-state index contributed by atoms with van der Waals surface area (Å²) in [6.45, 7) is 8.57. The van der Waals surface area contributed by atoms with Crippen molar-refractivity contribution in [3.63, 3.8) is 0 Å². The van der Waals surface area contributed by atoms with Crippen molar-refractivity contribution in [2.24, 2.45) is 5.92 Å². The van der Waals surface area contributed by atoms with Crippen molar-refractivity contribution in [3.05, 3.63) is 65.2 Å². The fourth-order valence-electron chi connectivity index (χ4n) is 4.28. The molecule has 0 aromatic heterocycles. The summed E-state index contributed by atoms with van der Waals surface area (Å²) in [5.41, 5.74) is 3.53. The third kappa shape index (κ3) is 4.84. The van der Waals surface area contributed by atoms with Gasteiger partial charge in [0, 0.05) is 25.9 Å². The highest BCUT2D eigenvalue weighted by atomic mass is 16.5. The average Bonchev–Trinajstić information content (AvgIpc) is 3.00. The first kappa shape index (κ1) is 21.9. The lowest BCUT2D eigenvalue weighted by molar-refractivity contribution is -0.128. The number of rotatable bonds is 7. The number of nitrogens with zero attached hydrogens (tertiary/aromatic N) is 1. The van der Waals surface area contributed by atoms with Crippen LogP contribution in [0.2, 0.25) is 0 Å². The van der Waals surface area contributed by atoms with Gasteiger partial charge in [0.15, 0.2) is 6.10 Å². The van der Waals surface area contributed by atoms with Crippen LogP contribution in [0.25, 0.3) is 0 Å². The molecule has 1 N–H and O–H groups in total. The largest absolute Gasteiger partial charge is 0.481 e. The minimum atomic E-state index is -0.612. The SMILES string of the molecule is Cc1cc(O[C@H](C)C(=O)NC[C@@H]2CC(=O)N(C)[C@@H]2c2ccccc2)ccc1C(C)C. The number of nitrogens with one attached hydrogen (secondary N) is 1.